The zero-order valence-corrected chi connectivity index (χ0v) is 19.3. The van der Waals surface area contributed by atoms with Gasteiger partial charge in [-0.3, -0.25) is 0 Å². The number of carbonyl (C=O) groups excluding carboxylic acids is 1. The highest BCUT2D eigenvalue weighted by molar-refractivity contribution is 7.86. The molecule has 2 atom stereocenters. The van der Waals surface area contributed by atoms with Crippen molar-refractivity contribution >= 4 is 37.9 Å². The lowest BCUT2D eigenvalue weighted by atomic mass is 10.0. The second-order valence-electron chi connectivity index (χ2n) is 7.56. The van der Waals surface area contributed by atoms with E-state index in [0.29, 0.717) is 11.0 Å². The number of esters is 1. The van der Waals surface area contributed by atoms with E-state index in [2.05, 4.69) is 4.74 Å². The highest BCUT2D eigenvalue weighted by Crippen LogP contribution is 2.45. The summed E-state index contributed by atoms with van der Waals surface area (Å²) in [5, 5.41) is 0.483. The maximum Gasteiger partial charge on any atom is 0.485 e. The molecule has 0 bridgehead atoms. The van der Waals surface area contributed by atoms with Crippen LogP contribution >= 0.6 is 0 Å². The maximum absolute atomic E-state index is 14.9. The van der Waals surface area contributed by atoms with Gasteiger partial charge in [-0.15, -0.1) is 0 Å². The standard InChI is InChI=1S/C21H12F6NO2.CHF3O3S/c1-28-12-8-4-2-6-10(12)14(11-7-3-5-9-13(11)28)20(29)30-21(27)18(25)16(23)15(22)17(24)19(21)26;2-1(3,4)8(5,6)7/h2-9,18H,1H3;(H,5,6,7)/q+1;/p-1. The van der Waals surface area contributed by atoms with Crippen LogP contribution in [0, 0.1) is 0 Å². The smallest absolute Gasteiger partial charge is 0.485 e. The van der Waals surface area contributed by atoms with Gasteiger partial charge < -0.3 is 9.29 Å². The van der Waals surface area contributed by atoms with Crippen LogP contribution in [0.15, 0.2) is 71.8 Å². The zero-order chi connectivity index (χ0) is 28.8. The number of fused-ring (bicyclic) bond motifs is 2. The first-order valence-corrected chi connectivity index (χ1v) is 11.3. The van der Waals surface area contributed by atoms with Crippen LogP contribution in [0.25, 0.3) is 21.8 Å². The van der Waals surface area contributed by atoms with Crippen molar-refractivity contribution in [3.8, 4) is 0 Å². The van der Waals surface area contributed by atoms with Crippen molar-refractivity contribution in [2.75, 3.05) is 0 Å². The summed E-state index contributed by atoms with van der Waals surface area (Å²) in [5.41, 5.74) is -4.92. The summed E-state index contributed by atoms with van der Waals surface area (Å²) in [6, 6.07) is 12.7. The van der Waals surface area contributed by atoms with Crippen LogP contribution in [0.3, 0.4) is 0 Å². The molecule has 1 aromatic heterocycles. The quantitative estimate of drug-likeness (QED) is 0.103. The van der Waals surface area contributed by atoms with E-state index in [0.717, 1.165) is 0 Å². The molecule has 0 fully saturated rings. The number of aromatic nitrogens is 1. The fourth-order valence-electron chi connectivity index (χ4n) is 3.47. The molecule has 1 aliphatic carbocycles. The molecule has 0 N–H and O–H groups in total. The first-order chi connectivity index (χ1) is 17.4. The molecule has 1 heterocycles. The van der Waals surface area contributed by atoms with Gasteiger partial charge in [0.15, 0.2) is 27.6 Å². The minimum atomic E-state index is -6.09. The topological polar surface area (TPSA) is 87.4 Å². The number of para-hydroxylation sites is 2. The Kier molecular flexibility index (Phi) is 7.53. The van der Waals surface area contributed by atoms with Gasteiger partial charge in [0.05, 0.1) is 16.3 Å². The van der Waals surface area contributed by atoms with Crippen LogP contribution in [-0.4, -0.2) is 36.5 Å². The van der Waals surface area contributed by atoms with Gasteiger partial charge in [-0.2, -0.15) is 22.1 Å². The van der Waals surface area contributed by atoms with Crippen molar-refractivity contribution in [1.82, 2.24) is 0 Å². The number of alkyl halides is 5. The highest BCUT2D eigenvalue weighted by Gasteiger charge is 2.58. The molecule has 0 saturated carbocycles. The Morgan fingerprint density at radius 1 is 0.947 bits per heavy atom. The Morgan fingerprint density at radius 2 is 1.37 bits per heavy atom. The Hall–Kier alpha value is -3.66. The van der Waals surface area contributed by atoms with Gasteiger partial charge in [0.25, 0.3) is 0 Å². The molecule has 0 amide bonds. The summed E-state index contributed by atoms with van der Waals surface area (Å²) in [6.07, 6.45) is -3.71. The lowest BCUT2D eigenvalue weighted by Crippen LogP contribution is -2.44. The van der Waals surface area contributed by atoms with Crippen LogP contribution in [-0.2, 0) is 21.9 Å². The van der Waals surface area contributed by atoms with Crippen molar-refractivity contribution < 1.29 is 66.6 Å². The number of pyridine rings is 1. The van der Waals surface area contributed by atoms with Crippen LogP contribution in [0.5, 0.6) is 0 Å². The van der Waals surface area contributed by atoms with E-state index >= 15 is 0 Å². The van der Waals surface area contributed by atoms with Gasteiger partial charge in [-0.05, 0) is 12.1 Å². The van der Waals surface area contributed by atoms with Crippen molar-refractivity contribution in [1.29, 1.82) is 0 Å². The zero-order valence-electron chi connectivity index (χ0n) is 18.5. The van der Waals surface area contributed by atoms with Crippen LogP contribution in [0.2, 0.25) is 0 Å². The van der Waals surface area contributed by atoms with Crippen molar-refractivity contribution in [2.24, 2.45) is 7.05 Å². The van der Waals surface area contributed by atoms with Gasteiger partial charge in [0.1, 0.15) is 7.05 Å². The van der Waals surface area contributed by atoms with Crippen LogP contribution in [0.1, 0.15) is 10.4 Å². The van der Waals surface area contributed by atoms with E-state index in [-0.39, 0.29) is 16.3 Å². The lowest BCUT2D eigenvalue weighted by molar-refractivity contribution is -0.617. The second-order valence-corrected chi connectivity index (χ2v) is 8.93. The Balaban J connectivity index is 0.000000436. The average molecular weight is 573 g/mol. The summed E-state index contributed by atoms with van der Waals surface area (Å²) in [4.78, 5) is 12.9. The largest absolute Gasteiger partial charge is 0.741 e. The molecule has 2 unspecified atom stereocenters. The van der Waals surface area contributed by atoms with Gasteiger partial charge >= 0.3 is 17.3 Å². The molecule has 2 aromatic carbocycles. The number of aryl methyl sites for hydroxylation is 1. The minimum Gasteiger partial charge on any atom is -0.741 e. The van der Waals surface area contributed by atoms with E-state index in [4.69, 9.17) is 13.0 Å². The summed E-state index contributed by atoms with van der Waals surface area (Å²) in [7, 11) is -4.39. The molecule has 3 aromatic rings. The van der Waals surface area contributed by atoms with Gasteiger partial charge in [0.2, 0.25) is 23.0 Å². The third kappa shape index (κ3) is 4.92. The molecule has 0 aliphatic heterocycles. The minimum absolute atomic E-state index is 0.241. The fraction of sp³-hybridized carbons (Fsp3) is 0.182. The monoisotopic (exact) mass is 573 g/mol. The van der Waals surface area contributed by atoms with Crippen molar-refractivity contribution in [3.05, 3.63) is 77.4 Å². The summed E-state index contributed by atoms with van der Waals surface area (Å²) in [6.45, 7) is 0. The van der Waals surface area contributed by atoms with E-state index in [1.807, 2.05) is 0 Å². The number of nitrogens with zero attached hydrogens (tertiary/aromatic N) is 1. The van der Waals surface area contributed by atoms with Gasteiger partial charge in [0, 0.05) is 12.1 Å². The number of benzene rings is 2. The number of halogens is 9. The first-order valence-electron chi connectivity index (χ1n) is 9.92. The van der Waals surface area contributed by atoms with Crippen LogP contribution in [0.4, 0.5) is 39.5 Å². The predicted octanol–water partition coefficient (Wildman–Crippen LogP) is 5.34. The Labute approximate surface area is 207 Å². The Bertz CT molecular complexity index is 1560. The lowest BCUT2D eigenvalue weighted by Gasteiger charge is -2.29. The number of hydrogen-bond acceptors (Lipinski definition) is 5. The van der Waals surface area contributed by atoms with E-state index < -0.39 is 56.9 Å². The van der Waals surface area contributed by atoms with Crippen molar-refractivity contribution in [3.63, 3.8) is 0 Å². The molecular formula is C22H12F9NO5S. The SMILES string of the molecule is C[n+]1c2ccccc2c(C(=O)OC2(F)C(F)=C(F)C(F)=C(F)C2F)c2ccccc21.O=S(=O)([O-])C(F)(F)F. The fourth-order valence-corrected chi connectivity index (χ4v) is 3.47. The molecule has 204 valence electrons. The average Bonchev–Trinajstić information content (AvgIpc) is 2.85. The highest BCUT2D eigenvalue weighted by atomic mass is 32.2. The molecule has 0 saturated heterocycles. The third-order valence-electron chi connectivity index (χ3n) is 5.24. The number of carbonyl (C=O) groups is 1. The molecule has 1 aliphatic rings. The van der Waals surface area contributed by atoms with Crippen molar-refractivity contribution in [2.45, 2.75) is 17.5 Å². The normalized spacial score (nSPS) is 20.4. The maximum atomic E-state index is 14.9. The summed E-state index contributed by atoms with van der Waals surface area (Å²) in [5.74, 6) is -16.4. The Morgan fingerprint density at radius 3 is 1.79 bits per heavy atom. The molecular weight excluding hydrogens is 561 g/mol. The second kappa shape index (κ2) is 9.90. The molecule has 4 rings (SSSR count). The summed E-state index contributed by atoms with van der Waals surface area (Å²) >= 11 is 0. The first kappa shape index (κ1) is 28.9. The predicted molar refractivity (Wildman–Crippen MR) is 111 cm³/mol. The van der Waals surface area contributed by atoms with Gasteiger partial charge in [-0.1, -0.05) is 24.3 Å². The molecule has 6 nitrogen and oxygen atoms in total. The third-order valence-corrected chi connectivity index (χ3v) is 5.81. The van der Waals surface area contributed by atoms with E-state index in [9.17, 15) is 44.3 Å². The van der Waals surface area contributed by atoms with Crippen LogP contribution < -0.4 is 4.57 Å². The molecule has 0 spiro atoms. The summed E-state index contributed by atoms with van der Waals surface area (Å²) < 4.78 is 148. The molecule has 0 radical (unpaired) electrons. The number of rotatable bonds is 2. The number of allylic oxidation sites excluding steroid dienone is 2. The number of hydrogen-bond donors (Lipinski definition) is 0. The van der Waals surface area contributed by atoms with E-state index in [1.165, 1.54) is 12.1 Å². The van der Waals surface area contributed by atoms with E-state index in [1.54, 1.807) is 48.0 Å². The van der Waals surface area contributed by atoms with Gasteiger partial charge in [-0.25, -0.2) is 35.2 Å². The number of ether oxygens (including phenoxy) is 1. The molecule has 16 heteroatoms. The molecule has 38 heavy (non-hydrogen) atoms.